The quantitative estimate of drug-likeness (QED) is 0.718. The van der Waals surface area contributed by atoms with Crippen molar-refractivity contribution < 1.29 is 0 Å². The van der Waals surface area contributed by atoms with E-state index in [1.807, 2.05) is 18.3 Å². The lowest BCUT2D eigenvalue weighted by molar-refractivity contribution is 0.679. The molecule has 0 bridgehead atoms. The summed E-state index contributed by atoms with van der Waals surface area (Å²) in [5, 5.41) is 0. The summed E-state index contributed by atoms with van der Waals surface area (Å²) in [7, 11) is 0. The lowest BCUT2D eigenvalue weighted by atomic mass is 10.1. The van der Waals surface area contributed by atoms with Crippen molar-refractivity contribution in [2.24, 2.45) is 0 Å². The van der Waals surface area contributed by atoms with Gasteiger partial charge in [0.15, 0.2) is 5.65 Å². The number of benzene rings is 1. The van der Waals surface area contributed by atoms with E-state index in [0.717, 1.165) is 23.5 Å². The topological polar surface area (TPSA) is 30.7 Å². The van der Waals surface area contributed by atoms with Gasteiger partial charge in [0.1, 0.15) is 11.3 Å². The van der Waals surface area contributed by atoms with E-state index in [4.69, 9.17) is 4.98 Å². The van der Waals surface area contributed by atoms with Crippen LogP contribution in [0.2, 0.25) is 0 Å². The number of hydrogen-bond donors (Lipinski definition) is 0. The Hall–Kier alpha value is -2.16. The number of hydrogen-bond acceptors (Lipinski definition) is 2. The van der Waals surface area contributed by atoms with Crippen molar-refractivity contribution in [2.45, 2.75) is 33.2 Å². The smallest absolute Gasteiger partial charge is 0.160 e. The van der Waals surface area contributed by atoms with Crippen LogP contribution in [-0.4, -0.2) is 14.5 Å². The van der Waals surface area contributed by atoms with E-state index in [2.05, 4.69) is 54.6 Å². The summed E-state index contributed by atoms with van der Waals surface area (Å²) in [6.07, 6.45) is 1.83. The van der Waals surface area contributed by atoms with Crippen molar-refractivity contribution in [3.8, 4) is 0 Å². The van der Waals surface area contributed by atoms with Gasteiger partial charge in [-0.1, -0.05) is 43.7 Å². The molecule has 102 valence electrons. The first kappa shape index (κ1) is 12.9. The van der Waals surface area contributed by atoms with Crippen LogP contribution in [0.4, 0.5) is 0 Å². The molecule has 2 aromatic heterocycles. The molecule has 0 spiro atoms. The molecule has 0 amide bonds. The molecule has 0 saturated heterocycles. The molecular weight excluding hydrogens is 246 g/mol. The van der Waals surface area contributed by atoms with Gasteiger partial charge in [0.2, 0.25) is 0 Å². The van der Waals surface area contributed by atoms with Crippen LogP contribution >= 0.6 is 0 Å². The number of aromatic nitrogens is 3. The molecule has 3 rings (SSSR count). The minimum atomic E-state index is 0.383. The summed E-state index contributed by atoms with van der Waals surface area (Å²) in [5.74, 6) is 1.48. The van der Waals surface area contributed by atoms with Gasteiger partial charge in [0.05, 0.1) is 6.54 Å². The van der Waals surface area contributed by atoms with E-state index in [0.29, 0.717) is 5.92 Å². The second-order valence-corrected chi connectivity index (χ2v) is 5.55. The molecule has 0 aliphatic carbocycles. The molecule has 0 radical (unpaired) electrons. The average Bonchev–Trinajstić information content (AvgIpc) is 2.78. The molecule has 3 nitrogen and oxygen atoms in total. The third-order valence-electron chi connectivity index (χ3n) is 3.47. The molecule has 0 unspecified atom stereocenters. The lowest BCUT2D eigenvalue weighted by Gasteiger charge is -2.11. The summed E-state index contributed by atoms with van der Waals surface area (Å²) in [4.78, 5) is 9.23. The van der Waals surface area contributed by atoms with Crippen LogP contribution in [-0.2, 0) is 6.54 Å². The highest BCUT2D eigenvalue weighted by atomic mass is 15.1. The van der Waals surface area contributed by atoms with E-state index in [1.54, 1.807) is 0 Å². The van der Waals surface area contributed by atoms with Crippen molar-refractivity contribution >= 4 is 11.2 Å². The summed E-state index contributed by atoms with van der Waals surface area (Å²) >= 11 is 0. The zero-order valence-electron chi connectivity index (χ0n) is 12.2. The zero-order chi connectivity index (χ0) is 14.1. The van der Waals surface area contributed by atoms with Crippen LogP contribution in [0.1, 0.15) is 36.7 Å². The van der Waals surface area contributed by atoms with Crippen LogP contribution in [0.25, 0.3) is 11.2 Å². The van der Waals surface area contributed by atoms with E-state index >= 15 is 0 Å². The fourth-order valence-electron chi connectivity index (χ4n) is 2.57. The summed E-state index contributed by atoms with van der Waals surface area (Å²) in [6, 6.07) is 12.6. The Morgan fingerprint density at radius 3 is 2.75 bits per heavy atom. The van der Waals surface area contributed by atoms with Gasteiger partial charge in [0.25, 0.3) is 0 Å². The molecule has 0 atom stereocenters. The lowest BCUT2D eigenvalue weighted by Crippen LogP contribution is -2.07. The van der Waals surface area contributed by atoms with Crippen LogP contribution < -0.4 is 0 Å². The maximum atomic E-state index is 4.73. The van der Waals surface area contributed by atoms with Crippen molar-refractivity contribution in [1.82, 2.24) is 14.5 Å². The zero-order valence-corrected chi connectivity index (χ0v) is 12.2. The van der Waals surface area contributed by atoms with Crippen molar-refractivity contribution in [3.63, 3.8) is 0 Å². The maximum Gasteiger partial charge on any atom is 0.160 e. The van der Waals surface area contributed by atoms with Gasteiger partial charge in [-0.2, -0.15) is 0 Å². The van der Waals surface area contributed by atoms with E-state index in [9.17, 15) is 0 Å². The summed E-state index contributed by atoms with van der Waals surface area (Å²) in [5.41, 5.74) is 4.52. The Labute approximate surface area is 119 Å². The molecule has 0 aliphatic rings. The van der Waals surface area contributed by atoms with Gasteiger partial charge in [-0.25, -0.2) is 9.97 Å². The summed E-state index contributed by atoms with van der Waals surface area (Å²) < 4.78 is 2.23. The van der Waals surface area contributed by atoms with Crippen molar-refractivity contribution in [1.29, 1.82) is 0 Å². The van der Waals surface area contributed by atoms with E-state index in [1.165, 1.54) is 11.1 Å². The average molecular weight is 265 g/mol. The summed E-state index contributed by atoms with van der Waals surface area (Å²) in [6.45, 7) is 7.29. The largest absolute Gasteiger partial charge is 0.308 e. The van der Waals surface area contributed by atoms with Crippen molar-refractivity contribution in [3.05, 3.63) is 59.5 Å². The molecule has 0 fully saturated rings. The molecule has 3 aromatic rings. The predicted octanol–water partition coefficient (Wildman–Crippen LogP) is 3.91. The first-order valence-corrected chi connectivity index (χ1v) is 7.02. The molecule has 2 heterocycles. The van der Waals surface area contributed by atoms with E-state index in [-0.39, 0.29) is 0 Å². The molecule has 20 heavy (non-hydrogen) atoms. The van der Waals surface area contributed by atoms with Crippen LogP contribution in [0.3, 0.4) is 0 Å². The number of rotatable bonds is 3. The Bertz CT molecular complexity index is 741. The Morgan fingerprint density at radius 1 is 1.15 bits per heavy atom. The first-order chi connectivity index (χ1) is 9.65. The fourth-order valence-corrected chi connectivity index (χ4v) is 2.57. The Kier molecular flexibility index (Phi) is 3.26. The number of nitrogens with zero attached hydrogens (tertiary/aromatic N) is 3. The third-order valence-corrected chi connectivity index (χ3v) is 3.47. The maximum absolute atomic E-state index is 4.73. The minimum absolute atomic E-state index is 0.383. The first-order valence-electron chi connectivity index (χ1n) is 7.02. The molecule has 0 N–H and O–H groups in total. The number of fused-ring (bicyclic) bond motifs is 1. The van der Waals surface area contributed by atoms with Gasteiger partial charge >= 0.3 is 0 Å². The highest BCUT2D eigenvalue weighted by Gasteiger charge is 2.14. The molecular formula is C17H19N3. The predicted molar refractivity (Wildman–Crippen MR) is 81.9 cm³/mol. The highest BCUT2D eigenvalue weighted by molar-refractivity contribution is 5.71. The van der Waals surface area contributed by atoms with E-state index < -0.39 is 0 Å². The fraction of sp³-hybridized carbons (Fsp3) is 0.294. The van der Waals surface area contributed by atoms with Gasteiger partial charge in [0, 0.05) is 12.1 Å². The SMILES string of the molecule is Cc1cccc(Cn2c(C(C)C)nc3cccnc32)c1. The number of imidazole rings is 1. The van der Waals surface area contributed by atoms with Gasteiger partial charge in [-0.15, -0.1) is 0 Å². The molecule has 0 saturated carbocycles. The number of aryl methyl sites for hydroxylation is 1. The molecule has 3 heteroatoms. The standard InChI is InChI=1S/C17H19N3/c1-12(2)16-19-15-8-5-9-18-17(15)20(16)11-14-7-4-6-13(3)10-14/h4-10,12H,11H2,1-3H3. The highest BCUT2D eigenvalue weighted by Crippen LogP contribution is 2.21. The Morgan fingerprint density at radius 2 is 2.00 bits per heavy atom. The Balaban J connectivity index is 2.11. The van der Waals surface area contributed by atoms with Gasteiger partial charge in [-0.05, 0) is 24.6 Å². The third kappa shape index (κ3) is 2.31. The van der Waals surface area contributed by atoms with Gasteiger partial charge in [-0.3, -0.25) is 0 Å². The molecule has 1 aromatic carbocycles. The second kappa shape index (κ2) is 5.08. The van der Waals surface area contributed by atoms with Crippen LogP contribution in [0, 0.1) is 6.92 Å². The number of pyridine rings is 1. The van der Waals surface area contributed by atoms with Crippen LogP contribution in [0.5, 0.6) is 0 Å². The second-order valence-electron chi connectivity index (χ2n) is 5.55. The van der Waals surface area contributed by atoms with Gasteiger partial charge < -0.3 is 4.57 Å². The monoisotopic (exact) mass is 265 g/mol. The normalized spacial score (nSPS) is 11.4. The van der Waals surface area contributed by atoms with Crippen LogP contribution in [0.15, 0.2) is 42.6 Å². The molecule has 0 aliphatic heterocycles. The minimum Gasteiger partial charge on any atom is -0.308 e. The van der Waals surface area contributed by atoms with Crippen molar-refractivity contribution in [2.75, 3.05) is 0 Å².